The van der Waals surface area contributed by atoms with Gasteiger partial charge in [-0.3, -0.25) is 9.59 Å². The molecule has 0 unspecified atom stereocenters. The number of rotatable bonds is 15. The number of unbranched alkanes of at least 4 members (excludes halogenated alkanes) is 2. The van der Waals surface area contributed by atoms with Crippen molar-refractivity contribution in [2.24, 2.45) is 5.92 Å². The third kappa shape index (κ3) is 9.63. The number of ether oxygens (including phenoxy) is 2. The highest BCUT2D eigenvalue weighted by Gasteiger charge is 2.38. The fourth-order valence-corrected chi connectivity index (χ4v) is 6.48. The van der Waals surface area contributed by atoms with Gasteiger partial charge in [-0.15, -0.1) is 5.10 Å². The molecular weight excluding hydrogens is 632 g/mol. The third-order valence-electron chi connectivity index (χ3n) is 8.23. The number of phenols is 1. The minimum Gasteiger partial charge on any atom is -0.508 e. The van der Waals surface area contributed by atoms with Crippen molar-refractivity contribution in [1.82, 2.24) is 30.8 Å². The maximum atomic E-state index is 12.4. The van der Waals surface area contributed by atoms with E-state index in [1.807, 2.05) is 48.5 Å². The molecule has 5 rings (SSSR count). The van der Waals surface area contributed by atoms with E-state index in [0.29, 0.717) is 30.4 Å². The van der Waals surface area contributed by atoms with Crippen molar-refractivity contribution in [1.29, 1.82) is 0 Å². The Labute approximate surface area is 284 Å². The zero-order valence-electron chi connectivity index (χ0n) is 27.1. The summed E-state index contributed by atoms with van der Waals surface area (Å²) in [6.45, 7) is 4.62. The van der Waals surface area contributed by atoms with Crippen LogP contribution in [0.15, 0.2) is 78.0 Å². The first-order valence-electron chi connectivity index (χ1n) is 16.1. The van der Waals surface area contributed by atoms with E-state index in [1.54, 1.807) is 28.9 Å². The lowest BCUT2D eigenvalue weighted by molar-refractivity contribution is -0.268. The number of hydrogen-bond acceptors (Lipinski definition) is 10. The molecule has 1 aliphatic rings. The van der Waals surface area contributed by atoms with Crippen LogP contribution in [0.3, 0.4) is 0 Å². The fraction of sp³-hybridized carbons (Fsp3) is 0.400. The number of aliphatic hydroxyl groups is 1. The van der Waals surface area contributed by atoms with Crippen LogP contribution in [0.5, 0.6) is 5.75 Å². The molecule has 48 heavy (non-hydrogen) atoms. The van der Waals surface area contributed by atoms with Crippen LogP contribution in [-0.4, -0.2) is 60.6 Å². The molecule has 0 aliphatic carbocycles. The molecule has 1 saturated heterocycles. The molecule has 0 spiro atoms. The highest BCUT2D eigenvalue weighted by Crippen LogP contribution is 2.43. The van der Waals surface area contributed by atoms with Crippen molar-refractivity contribution in [2.45, 2.75) is 76.3 Å². The maximum Gasteiger partial charge on any atom is 0.220 e. The smallest absolute Gasteiger partial charge is 0.220 e. The monoisotopic (exact) mass is 674 g/mol. The van der Waals surface area contributed by atoms with Gasteiger partial charge < -0.3 is 30.3 Å². The van der Waals surface area contributed by atoms with Gasteiger partial charge in [-0.25, -0.2) is 0 Å². The van der Waals surface area contributed by atoms with Crippen LogP contribution in [0.4, 0.5) is 0 Å². The lowest BCUT2D eigenvalue weighted by Crippen LogP contribution is -2.38. The average Bonchev–Trinajstić information content (AvgIpc) is 3.57. The third-order valence-corrected chi connectivity index (χ3v) is 9.24. The molecule has 4 atom stereocenters. The van der Waals surface area contributed by atoms with Gasteiger partial charge in [0, 0.05) is 43.7 Å². The number of carbonyl (C=O) groups is 2. The number of nitrogens with zero attached hydrogens (tertiary/aromatic N) is 4. The van der Waals surface area contributed by atoms with Crippen LogP contribution in [0.1, 0.15) is 74.2 Å². The summed E-state index contributed by atoms with van der Waals surface area (Å²) in [5, 5.41) is 37.8. The molecule has 1 aromatic heterocycles. The number of benzene rings is 3. The van der Waals surface area contributed by atoms with Crippen LogP contribution in [0.25, 0.3) is 5.69 Å². The van der Waals surface area contributed by atoms with Gasteiger partial charge in [0.15, 0.2) is 6.29 Å². The van der Waals surface area contributed by atoms with E-state index < -0.39 is 6.29 Å². The summed E-state index contributed by atoms with van der Waals surface area (Å²) in [7, 11) is 0. The molecule has 0 saturated carbocycles. The number of aliphatic hydroxyl groups excluding tert-OH is 1. The Morgan fingerprint density at radius 1 is 0.896 bits per heavy atom. The normalized spacial score (nSPS) is 19.1. The van der Waals surface area contributed by atoms with Crippen LogP contribution in [0, 0.1) is 5.92 Å². The summed E-state index contributed by atoms with van der Waals surface area (Å²) in [4.78, 5) is 23.3. The summed E-state index contributed by atoms with van der Waals surface area (Å²) in [5.41, 5.74) is 4.37. The molecule has 4 aromatic rings. The first kappa shape index (κ1) is 35.0. The zero-order valence-corrected chi connectivity index (χ0v) is 27.9. The first-order valence-corrected chi connectivity index (χ1v) is 17.1. The standard InChI is InChI=1S/C35H42N6O6S/c1-23-31(22-48-35-38-39-40-41(35)29-15-17-30(44)18-16-29)46-34(47-33(23)27-11-9-26(21-42)10-12-27)28-13-7-25(8-14-28)20-37-32(45)6-4-3-5-19-36-24(2)43/h7-18,23,31,33-34,42,44H,3-6,19-22H2,1-2H3,(H,36,43)(H,37,45)/t23-,31+,33+,34+/m0/s1. The lowest BCUT2D eigenvalue weighted by atomic mass is 9.91. The minimum atomic E-state index is -0.636. The molecule has 254 valence electrons. The van der Waals surface area contributed by atoms with E-state index in [-0.39, 0.29) is 42.3 Å². The molecule has 12 nitrogen and oxygen atoms in total. The molecule has 13 heteroatoms. The van der Waals surface area contributed by atoms with Gasteiger partial charge in [0.25, 0.3) is 0 Å². The topological polar surface area (TPSA) is 161 Å². The zero-order chi connectivity index (χ0) is 33.9. The fourth-order valence-electron chi connectivity index (χ4n) is 5.42. The van der Waals surface area contributed by atoms with Gasteiger partial charge >= 0.3 is 0 Å². The average molecular weight is 675 g/mol. The first-order chi connectivity index (χ1) is 23.3. The maximum absolute atomic E-state index is 12.4. The highest BCUT2D eigenvalue weighted by molar-refractivity contribution is 7.99. The van der Waals surface area contributed by atoms with Crippen molar-refractivity contribution in [3.05, 3.63) is 95.1 Å². The van der Waals surface area contributed by atoms with Crippen molar-refractivity contribution in [3.8, 4) is 11.4 Å². The molecule has 0 radical (unpaired) electrons. The summed E-state index contributed by atoms with van der Waals surface area (Å²) >= 11 is 1.48. The summed E-state index contributed by atoms with van der Waals surface area (Å²) in [6, 6.07) is 22.3. The van der Waals surface area contributed by atoms with E-state index in [4.69, 9.17) is 9.47 Å². The van der Waals surface area contributed by atoms with Crippen LogP contribution < -0.4 is 10.6 Å². The molecular formula is C35H42N6O6S. The molecule has 2 heterocycles. The van der Waals surface area contributed by atoms with E-state index >= 15 is 0 Å². The van der Waals surface area contributed by atoms with Gasteiger partial charge in [-0.2, -0.15) is 4.68 Å². The van der Waals surface area contributed by atoms with Crippen LogP contribution >= 0.6 is 11.8 Å². The quantitative estimate of drug-likeness (QED) is 0.102. The number of aromatic nitrogens is 4. The van der Waals surface area contributed by atoms with Crippen LogP contribution in [-0.2, 0) is 32.2 Å². The van der Waals surface area contributed by atoms with Crippen molar-refractivity contribution in [2.75, 3.05) is 12.3 Å². The predicted octanol–water partition coefficient (Wildman–Crippen LogP) is 4.76. The number of hydrogen-bond donors (Lipinski definition) is 4. The Balaban J connectivity index is 1.23. The summed E-state index contributed by atoms with van der Waals surface area (Å²) < 4.78 is 14.8. The van der Waals surface area contributed by atoms with Gasteiger partial charge in [0.05, 0.1) is 24.5 Å². The Bertz CT molecular complexity index is 1620. The van der Waals surface area contributed by atoms with Gasteiger partial charge in [-0.05, 0) is 64.2 Å². The van der Waals surface area contributed by atoms with Gasteiger partial charge in [0.1, 0.15) is 5.75 Å². The van der Waals surface area contributed by atoms with E-state index in [1.165, 1.54) is 18.7 Å². The molecule has 2 amide bonds. The number of phenolic OH excluding ortho intramolecular Hbond substituents is 1. The second kappa shape index (κ2) is 17.2. The number of amides is 2. The molecule has 3 aromatic carbocycles. The largest absolute Gasteiger partial charge is 0.508 e. The van der Waals surface area contributed by atoms with Gasteiger partial charge in [-0.1, -0.05) is 73.6 Å². The van der Waals surface area contributed by atoms with Crippen LogP contribution in [0.2, 0.25) is 0 Å². The van der Waals surface area contributed by atoms with Gasteiger partial charge in [0.2, 0.25) is 17.0 Å². The number of thioether (sulfide) groups is 1. The summed E-state index contributed by atoms with van der Waals surface area (Å²) in [6.07, 6.45) is 1.82. The molecule has 4 N–H and O–H groups in total. The Morgan fingerprint density at radius 3 is 2.31 bits per heavy atom. The van der Waals surface area contributed by atoms with E-state index in [9.17, 15) is 19.8 Å². The lowest BCUT2D eigenvalue weighted by Gasteiger charge is -2.41. The minimum absolute atomic E-state index is 0.00150. The second-order valence-corrected chi connectivity index (χ2v) is 12.8. The number of carbonyl (C=O) groups excluding carboxylic acids is 2. The molecule has 1 fully saturated rings. The summed E-state index contributed by atoms with van der Waals surface area (Å²) in [5.74, 6) is 0.659. The van der Waals surface area contributed by atoms with Crippen molar-refractivity contribution < 1.29 is 29.3 Å². The van der Waals surface area contributed by atoms with E-state index in [2.05, 4.69) is 33.1 Å². The Morgan fingerprint density at radius 2 is 1.60 bits per heavy atom. The highest BCUT2D eigenvalue weighted by atomic mass is 32.2. The Kier molecular flexibility index (Phi) is 12.5. The molecule has 1 aliphatic heterocycles. The Hall–Kier alpha value is -4.30. The van der Waals surface area contributed by atoms with Crippen molar-refractivity contribution >= 4 is 23.6 Å². The predicted molar refractivity (Wildman–Crippen MR) is 180 cm³/mol. The van der Waals surface area contributed by atoms with Crippen molar-refractivity contribution in [3.63, 3.8) is 0 Å². The molecule has 0 bridgehead atoms. The number of nitrogens with one attached hydrogen (secondary N) is 2. The second-order valence-electron chi connectivity index (χ2n) is 11.8. The number of aromatic hydroxyl groups is 1. The van der Waals surface area contributed by atoms with E-state index in [0.717, 1.165) is 47.2 Å². The number of tetrazole rings is 1. The SMILES string of the molecule is CC(=O)NCCCCCC(=O)NCc1ccc([C@@H]2O[C@H](CSc3nnnn3-c3ccc(O)cc3)[C@H](C)[C@H](c3ccc(CO)cc3)O2)cc1.